The van der Waals surface area contributed by atoms with E-state index in [1.807, 2.05) is 6.92 Å². The van der Waals surface area contributed by atoms with Crippen LogP contribution in [0, 0.1) is 5.82 Å². The van der Waals surface area contributed by atoms with Gasteiger partial charge in [0.15, 0.2) is 0 Å². The highest BCUT2D eigenvalue weighted by molar-refractivity contribution is 6.31. The van der Waals surface area contributed by atoms with Gasteiger partial charge in [-0.3, -0.25) is 0 Å². The molecule has 2 nitrogen and oxygen atoms in total. The van der Waals surface area contributed by atoms with Gasteiger partial charge in [-0.1, -0.05) is 37.9 Å². The third kappa shape index (κ3) is 5.39. The second kappa shape index (κ2) is 9.32. The molecule has 0 aliphatic heterocycles. The van der Waals surface area contributed by atoms with Crippen LogP contribution in [0.5, 0.6) is 0 Å². The Kier molecular flexibility index (Phi) is 8.12. The molecule has 0 fully saturated rings. The molecule has 0 bridgehead atoms. The summed E-state index contributed by atoms with van der Waals surface area (Å²) in [7, 11) is 0. The number of benzene rings is 1. The Hall–Kier alpha value is -0.640. The third-order valence-electron chi connectivity index (χ3n) is 3.32. The zero-order valence-electron chi connectivity index (χ0n) is 12.6. The van der Waals surface area contributed by atoms with Gasteiger partial charge in [0.1, 0.15) is 5.82 Å². The van der Waals surface area contributed by atoms with Crippen LogP contribution in [0.4, 0.5) is 4.39 Å². The normalized spacial score (nSPS) is 14.2. The summed E-state index contributed by atoms with van der Waals surface area (Å²) in [5.41, 5.74) is 0.958. The van der Waals surface area contributed by atoms with Gasteiger partial charge in [0.25, 0.3) is 0 Å². The van der Waals surface area contributed by atoms with E-state index in [1.54, 1.807) is 6.07 Å². The molecule has 0 heterocycles. The lowest BCUT2D eigenvalue weighted by molar-refractivity contribution is 0.0286. The van der Waals surface area contributed by atoms with Crippen molar-refractivity contribution in [3.63, 3.8) is 0 Å². The molecule has 0 amide bonds. The maximum Gasteiger partial charge on any atom is 0.124 e. The fourth-order valence-electron chi connectivity index (χ4n) is 2.42. The summed E-state index contributed by atoms with van der Waals surface area (Å²) in [6.07, 6.45) is 2.98. The van der Waals surface area contributed by atoms with Crippen LogP contribution in [0.2, 0.25) is 5.02 Å². The number of likely N-dealkylation sites (N-methyl/N-ethyl adjacent to an activating group) is 1. The van der Waals surface area contributed by atoms with E-state index in [-0.39, 0.29) is 18.0 Å². The second-order valence-electron chi connectivity index (χ2n) is 4.89. The topological polar surface area (TPSA) is 21.3 Å². The molecule has 2 atom stereocenters. The predicted molar refractivity (Wildman–Crippen MR) is 82.9 cm³/mol. The van der Waals surface area contributed by atoms with E-state index in [9.17, 15) is 4.39 Å². The standard InChI is InChI=1S/C16H25ClFNO/c1-4-7-16(20-6-3)15(19-5-2)10-12-8-9-13(18)11-14(12)17/h8-9,11,15-16,19H,4-7,10H2,1-3H3. The Labute approximate surface area is 126 Å². The van der Waals surface area contributed by atoms with Crippen LogP contribution < -0.4 is 5.32 Å². The highest BCUT2D eigenvalue weighted by Crippen LogP contribution is 2.21. The van der Waals surface area contributed by atoms with Crippen LogP contribution in [-0.4, -0.2) is 25.3 Å². The van der Waals surface area contributed by atoms with Gasteiger partial charge in [-0.2, -0.15) is 0 Å². The molecule has 0 aliphatic rings. The van der Waals surface area contributed by atoms with Crippen molar-refractivity contribution in [2.24, 2.45) is 0 Å². The lowest BCUT2D eigenvalue weighted by Gasteiger charge is -2.28. The van der Waals surface area contributed by atoms with Gasteiger partial charge < -0.3 is 10.1 Å². The molecule has 0 radical (unpaired) electrons. The number of ether oxygens (including phenoxy) is 1. The van der Waals surface area contributed by atoms with Crippen LogP contribution in [0.15, 0.2) is 18.2 Å². The molecule has 1 aromatic carbocycles. The SMILES string of the molecule is CCCC(OCC)C(Cc1ccc(F)cc1Cl)NCC. The Balaban J connectivity index is 2.83. The van der Waals surface area contributed by atoms with Gasteiger partial charge in [0.05, 0.1) is 6.10 Å². The molecule has 0 aromatic heterocycles. The maximum absolute atomic E-state index is 13.1. The fourth-order valence-corrected chi connectivity index (χ4v) is 2.67. The molecule has 0 spiro atoms. The molecule has 1 rings (SSSR count). The molecule has 20 heavy (non-hydrogen) atoms. The number of hydrogen-bond donors (Lipinski definition) is 1. The second-order valence-corrected chi connectivity index (χ2v) is 5.29. The van der Waals surface area contributed by atoms with Crippen LogP contribution in [-0.2, 0) is 11.2 Å². The van der Waals surface area contributed by atoms with E-state index >= 15 is 0 Å². The average molecular weight is 302 g/mol. The Morgan fingerprint density at radius 2 is 2.05 bits per heavy atom. The highest BCUT2D eigenvalue weighted by Gasteiger charge is 2.21. The first-order valence-electron chi connectivity index (χ1n) is 7.41. The van der Waals surface area contributed by atoms with E-state index in [0.717, 1.165) is 31.4 Å². The van der Waals surface area contributed by atoms with Gasteiger partial charge in [0.2, 0.25) is 0 Å². The van der Waals surface area contributed by atoms with E-state index in [1.165, 1.54) is 12.1 Å². The van der Waals surface area contributed by atoms with Crippen molar-refractivity contribution in [3.8, 4) is 0 Å². The molecule has 0 aliphatic carbocycles. The zero-order valence-corrected chi connectivity index (χ0v) is 13.3. The van der Waals surface area contributed by atoms with Crippen molar-refractivity contribution in [1.29, 1.82) is 0 Å². The number of rotatable bonds is 9. The van der Waals surface area contributed by atoms with E-state index in [0.29, 0.717) is 11.6 Å². The van der Waals surface area contributed by atoms with Crippen LogP contribution in [0.3, 0.4) is 0 Å². The van der Waals surface area contributed by atoms with E-state index < -0.39 is 0 Å². The van der Waals surface area contributed by atoms with Crippen molar-refractivity contribution in [3.05, 3.63) is 34.6 Å². The minimum absolute atomic E-state index is 0.158. The van der Waals surface area contributed by atoms with Crippen LogP contribution >= 0.6 is 11.6 Å². The largest absolute Gasteiger partial charge is 0.377 e. The van der Waals surface area contributed by atoms with Crippen molar-refractivity contribution >= 4 is 11.6 Å². The van der Waals surface area contributed by atoms with Crippen molar-refractivity contribution in [2.45, 2.75) is 52.2 Å². The molecule has 1 aromatic rings. The highest BCUT2D eigenvalue weighted by atomic mass is 35.5. The molecule has 4 heteroatoms. The quantitative estimate of drug-likeness (QED) is 0.738. The van der Waals surface area contributed by atoms with Gasteiger partial charge in [-0.05, 0) is 44.0 Å². The summed E-state index contributed by atoms with van der Waals surface area (Å²) in [6, 6.07) is 4.79. The Morgan fingerprint density at radius 1 is 1.30 bits per heavy atom. The third-order valence-corrected chi connectivity index (χ3v) is 3.68. The Bertz CT molecular complexity index is 394. The van der Waals surface area contributed by atoms with E-state index in [4.69, 9.17) is 16.3 Å². The number of halogens is 2. The summed E-state index contributed by atoms with van der Waals surface area (Å²) in [6.45, 7) is 7.81. The first-order valence-corrected chi connectivity index (χ1v) is 7.79. The Morgan fingerprint density at radius 3 is 2.60 bits per heavy atom. The lowest BCUT2D eigenvalue weighted by Crippen LogP contribution is -2.43. The van der Waals surface area contributed by atoms with Gasteiger partial charge in [-0.15, -0.1) is 0 Å². The summed E-state index contributed by atoms with van der Waals surface area (Å²) in [5.74, 6) is -0.298. The molecular formula is C16H25ClFNO. The summed E-state index contributed by atoms with van der Waals surface area (Å²) in [5, 5.41) is 3.95. The van der Waals surface area contributed by atoms with Gasteiger partial charge >= 0.3 is 0 Å². The van der Waals surface area contributed by atoms with Crippen LogP contribution in [0.1, 0.15) is 39.2 Å². The van der Waals surface area contributed by atoms with E-state index in [2.05, 4.69) is 19.2 Å². The monoisotopic (exact) mass is 301 g/mol. The summed E-state index contributed by atoms with van der Waals surface area (Å²) in [4.78, 5) is 0. The predicted octanol–water partition coefficient (Wildman–Crippen LogP) is 4.20. The first-order chi connectivity index (χ1) is 9.62. The zero-order chi connectivity index (χ0) is 15.0. The van der Waals surface area contributed by atoms with Crippen LogP contribution in [0.25, 0.3) is 0 Å². The molecule has 1 N–H and O–H groups in total. The fraction of sp³-hybridized carbons (Fsp3) is 0.625. The molecule has 114 valence electrons. The maximum atomic E-state index is 13.1. The minimum Gasteiger partial charge on any atom is -0.377 e. The molecular weight excluding hydrogens is 277 g/mol. The molecule has 2 unspecified atom stereocenters. The molecule has 0 saturated heterocycles. The van der Waals surface area contributed by atoms with Crippen molar-refractivity contribution in [1.82, 2.24) is 5.32 Å². The number of nitrogens with one attached hydrogen (secondary N) is 1. The van der Waals surface area contributed by atoms with Gasteiger partial charge in [-0.25, -0.2) is 4.39 Å². The lowest BCUT2D eigenvalue weighted by atomic mass is 9.98. The smallest absolute Gasteiger partial charge is 0.124 e. The summed E-state index contributed by atoms with van der Waals surface area (Å²) < 4.78 is 19.0. The average Bonchev–Trinajstić information content (AvgIpc) is 2.41. The number of hydrogen-bond acceptors (Lipinski definition) is 2. The summed E-state index contributed by atoms with van der Waals surface area (Å²) >= 11 is 6.12. The molecule has 0 saturated carbocycles. The first kappa shape index (κ1) is 17.4. The van der Waals surface area contributed by atoms with Crippen molar-refractivity contribution < 1.29 is 9.13 Å². The minimum atomic E-state index is -0.298. The van der Waals surface area contributed by atoms with Gasteiger partial charge in [0, 0.05) is 17.7 Å². The van der Waals surface area contributed by atoms with Crippen molar-refractivity contribution in [2.75, 3.05) is 13.2 Å².